The van der Waals surface area contributed by atoms with Gasteiger partial charge in [0.15, 0.2) is 20.2 Å². The number of carbonyl (C=O) groups excluding carboxylic acids is 5. The van der Waals surface area contributed by atoms with E-state index in [1.807, 2.05) is 0 Å². The van der Waals surface area contributed by atoms with Crippen molar-refractivity contribution in [1.82, 2.24) is 31.9 Å². The van der Waals surface area contributed by atoms with Crippen molar-refractivity contribution >= 4 is 29.5 Å². The van der Waals surface area contributed by atoms with Gasteiger partial charge in [0.1, 0.15) is 13.5 Å². The Bertz CT molecular complexity index is 1270. The van der Waals surface area contributed by atoms with Gasteiger partial charge in [-0.2, -0.15) is 0 Å². The molecule has 24 nitrogen and oxygen atoms in total. The summed E-state index contributed by atoms with van der Waals surface area (Å²) in [5.41, 5.74) is -2.38. The number of carbonyl (C=O) groups is 5. The van der Waals surface area contributed by atoms with Gasteiger partial charge in [-0.25, -0.2) is 29.3 Å². The first-order chi connectivity index (χ1) is 31.0. The molecule has 0 fully saturated rings. The van der Waals surface area contributed by atoms with Crippen LogP contribution in [0.3, 0.4) is 0 Å². The van der Waals surface area contributed by atoms with E-state index in [4.69, 9.17) is 62.5 Å². The second-order valence-electron chi connectivity index (χ2n) is 12.9. The molecule has 0 aliphatic carbocycles. The normalized spacial score (nSPS) is 11.2. The van der Waals surface area contributed by atoms with Gasteiger partial charge in [-0.05, 0) is 30.4 Å². The fraction of sp³-hybridized carbons (Fsp3) is 0.575. The fourth-order valence-electron chi connectivity index (χ4n) is 4.19. The number of hydrogen-bond donors (Lipinski definition) is 6. The molecule has 0 aliphatic rings. The van der Waals surface area contributed by atoms with Gasteiger partial charge in [0.2, 0.25) is 29.5 Å². The van der Waals surface area contributed by atoms with Crippen LogP contribution >= 0.6 is 0 Å². The Balaban J connectivity index is 6.41. The molecule has 64 heavy (non-hydrogen) atoms. The number of rotatable bonds is 47. The summed E-state index contributed by atoms with van der Waals surface area (Å²) in [7, 11) is 0. The standard InChI is InChI=1S/C40H66N6O18/c1-7-13-41-28-55-17-14-52-20-39(21-53-15-18-56-29-42-34(47)8-2,22-54-16-19-57-30-43-35(48)9-3)23-58-24-40(25-59-62-31-44-36(49)10-4,26-60-63-32-45-37(50)11-5)27-61-64-33-46-38(51)12-6/h7-12,41H,1-6,13-33H2,(H,42,47)(H,43,48)(H,44,49)(H,45,50)(H,46,51). The maximum atomic E-state index is 11.6. The van der Waals surface area contributed by atoms with Gasteiger partial charge in [0.25, 0.3) is 0 Å². The molecular weight excluding hydrogens is 852 g/mol. The van der Waals surface area contributed by atoms with Crippen LogP contribution in [0.15, 0.2) is 75.9 Å². The van der Waals surface area contributed by atoms with Crippen LogP contribution in [0.2, 0.25) is 0 Å². The minimum atomic E-state index is -1.35. The zero-order chi connectivity index (χ0) is 47.4. The van der Waals surface area contributed by atoms with E-state index in [0.29, 0.717) is 6.54 Å². The van der Waals surface area contributed by atoms with Gasteiger partial charge in [0, 0.05) is 6.54 Å². The van der Waals surface area contributed by atoms with E-state index >= 15 is 0 Å². The minimum absolute atomic E-state index is 0.00574. The molecule has 0 unspecified atom stereocenters. The smallest absolute Gasteiger partial charge is 0.245 e. The lowest BCUT2D eigenvalue weighted by Crippen LogP contribution is -2.46. The highest BCUT2D eigenvalue weighted by molar-refractivity contribution is 5.88. The summed E-state index contributed by atoms with van der Waals surface area (Å²) < 4.78 is 41.0. The molecule has 0 radical (unpaired) electrons. The van der Waals surface area contributed by atoms with Gasteiger partial charge in [0.05, 0.1) is 110 Å². The van der Waals surface area contributed by atoms with E-state index < -0.39 is 40.4 Å². The molecule has 0 saturated heterocycles. The molecular formula is C40H66N6O18. The molecule has 0 bridgehead atoms. The second kappa shape index (κ2) is 41.0. The molecule has 0 saturated carbocycles. The molecule has 0 aromatic heterocycles. The van der Waals surface area contributed by atoms with Gasteiger partial charge in [-0.1, -0.05) is 39.0 Å². The highest BCUT2D eigenvalue weighted by atomic mass is 17.2. The van der Waals surface area contributed by atoms with Gasteiger partial charge in [-0.15, -0.1) is 6.58 Å². The zero-order valence-electron chi connectivity index (χ0n) is 36.4. The van der Waals surface area contributed by atoms with Gasteiger partial charge < -0.3 is 59.7 Å². The quantitative estimate of drug-likeness (QED) is 0.0106. The van der Waals surface area contributed by atoms with Gasteiger partial charge in [-0.3, -0.25) is 29.3 Å². The van der Waals surface area contributed by atoms with Crippen molar-refractivity contribution in [2.45, 2.75) is 0 Å². The number of nitrogens with one attached hydrogen (secondary N) is 6. The first-order valence-corrected chi connectivity index (χ1v) is 19.6. The largest absolute Gasteiger partial charge is 0.380 e. The molecule has 364 valence electrons. The Labute approximate surface area is 373 Å². The number of ether oxygens (including phenoxy) is 7. The van der Waals surface area contributed by atoms with Crippen molar-refractivity contribution in [3.63, 3.8) is 0 Å². The van der Waals surface area contributed by atoms with E-state index in [-0.39, 0.29) is 133 Å². The molecule has 6 N–H and O–H groups in total. The summed E-state index contributed by atoms with van der Waals surface area (Å²) in [6, 6.07) is 0. The Morgan fingerprint density at radius 2 is 0.625 bits per heavy atom. The number of hydrogen-bond acceptors (Lipinski definition) is 19. The summed E-state index contributed by atoms with van der Waals surface area (Å²) in [6.45, 7) is 19.6. The van der Waals surface area contributed by atoms with Crippen LogP contribution in [0.5, 0.6) is 0 Å². The average molecular weight is 919 g/mol. The van der Waals surface area contributed by atoms with Crippen LogP contribution in [0.4, 0.5) is 0 Å². The fourth-order valence-corrected chi connectivity index (χ4v) is 4.19. The predicted octanol–water partition coefficient (Wildman–Crippen LogP) is -1.05. The van der Waals surface area contributed by atoms with E-state index in [1.54, 1.807) is 6.08 Å². The van der Waals surface area contributed by atoms with Crippen molar-refractivity contribution in [1.29, 1.82) is 0 Å². The van der Waals surface area contributed by atoms with Crippen LogP contribution in [-0.2, 0) is 86.5 Å². The molecule has 0 aromatic rings. The maximum Gasteiger partial charge on any atom is 0.245 e. The van der Waals surface area contributed by atoms with Crippen molar-refractivity contribution in [3.8, 4) is 0 Å². The van der Waals surface area contributed by atoms with E-state index in [0.717, 1.165) is 30.4 Å². The van der Waals surface area contributed by atoms with Crippen molar-refractivity contribution < 1.29 is 86.5 Å². The molecule has 0 atom stereocenters. The topological polar surface area (TPSA) is 278 Å². The first kappa shape index (κ1) is 59.2. The minimum Gasteiger partial charge on any atom is -0.380 e. The highest BCUT2D eigenvalue weighted by Crippen LogP contribution is 2.26. The van der Waals surface area contributed by atoms with Crippen LogP contribution in [0, 0.1) is 10.8 Å². The highest BCUT2D eigenvalue weighted by Gasteiger charge is 2.38. The maximum absolute atomic E-state index is 11.6. The van der Waals surface area contributed by atoms with Crippen molar-refractivity contribution in [3.05, 3.63) is 75.9 Å². The van der Waals surface area contributed by atoms with Crippen molar-refractivity contribution in [2.24, 2.45) is 10.8 Å². The second-order valence-corrected chi connectivity index (χ2v) is 12.9. The van der Waals surface area contributed by atoms with Crippen molar-refractivity contribution in [2.75, 3.05) is 139 Å². The van der Waals surface area contributed by atoms with E-state index in [9.17, 15) is 24.0 Å². The summed E-state index contributed by atoms with van der Waals surface area (Å²) in [6.07, 6.45) is 7.05. The molecule has 24 heteroatoms. The van der Waals surface area contributed by atoms with Crippen LogP contribution in [0.1, 0.15) is 0 Å². The van der Waals surface area contributed by atoms with Crippen LogP contribution in [-0.4, -0.2) is 169 Å². The summed E-state index contributed by atoms with van der Waals surface area (Å²) in [5, 5.41) is 15.2. The summed E-state index contributed by atoms with van der Waals surface area (Å²) in [5.74, 6) is -2.37. The van der Waals surface area contributed by atoms with Crippen LogP contribution in [0.25, 0.3) is 0 Å². The lowest BCUT2D eigenvalue weighted by atomic mass is 9.90. The van der Waals surface area contributed by atoms with Crippen LogP contribution < -0.4 is 31.9 Å². The Kier molecular flexibility index (Phi) is 37.9. The molecule has 0 rings (SSSR count). The van der Waals surface area contributed by atoms with E-state index in [2.05, 4.69) is 71.4 Å². The first-order valence-electron chi connectivity index (χ1n) is 19.6. The third kappa shape index (κ3) is 33.7. The van der Waals surface area contributed by atoms with E-state index in [1.165, 1.54) is 0 Å². The summed E-state index contributed by atoms with van der Waals surface area (Å²) >= 11 is 0. The SMILES string of the molecule is C=CCNCOCCOCC(COCCOCNC(=O)C=C)(COCCOCNC(=O)C=C)COCC(COOCNC(=O)C=C)(COOCNC(=O)C=C)COOCNC(=O)C=C. The van der Waals surface area contributed by atoms with Gasteiger partial charge >= 0.3 is 0 Å². The lowest BCUT2D eigenvalue weighted by Gasteiger charge is -2.36. The molecule has 0 aromatic carbocycles. The lowest BCUT2D eigenvalue weighted by molar-refractivity contribution is -0.374. The average Bonchev–Trinajstić information content (AvgIpc) is 3.30. The monoisotopic (exact) mass is 918 g/mol. The third-order valence-electron chi connectivity index (χ3n) is 7.54. The molecule has 0 aliphatic heterocycles. The Morgan fingerprint density at radius 1 is 0.344 bits per heavy atom. The Hall–Kier alpha value is -4.77. The molecule has 0 heterocycles. The Morgan fingerprint density at radius 3 is 0.953 bits per heavy atom. The zero-order valence-corrected chi connectivity index (χ0v) is 36.4. The number of amides is 5. The predicted molar refractivity (Wildman–Crippen MR) is 226 cm³/mol. The molecule has 5 amide bonds. The summed E-state index contributed by atoms with van der Waals surface area (Å²) in [4.78, 5) is 89.7. The third-order valence-corrected chi connectivity index (χ3v) is 7.54. The molecule has 0 spiro atoms.